The lowest BCUT2D eigenvalue weighted by molar-refractivity contribution is 0.0689. The van der Waals surface area contributed by atoms with Gasteiger partial charge in [0.05, 0.1) is 12.2 Å². The second-order valence-electron chi connectivity index (χ2n) is 3.63. The summed E-state index contributed by atoms with van der Waals surface area (Å²) in [5.41, 5.74) is 4.18. The van der Waals surface area contributed by atoms with Crippen LogP contribution >= 0.6 is 0 Å². The summed E-state index contributed by atoms with van der Waals surface area (Å²) in [6, 6.07) is 1.59. The van der Waals surface area contributed by atoms with Crippen LogP contribution in [0.3, 0.4) is 0 Å². The zero-order valence-corrected chi connectivity index (χ0v) is 8.60. The third kappa shape index (κ3) is 2.16. The molecule has 82 valence electrons. The van der Waals surface area contributed by atoms with Gasteiger partial charge in [0.25, 0.3) is 0 Å². The van der Waals surface area contributed by atoms with Crippen LogP contribution < -0.4 is 5.43 Å². The molecule has 1 aromatic rings. The zero-order valence-electron chi connectivity index (χ0n) is 8.60. The van der Waals surface area contributed by atoms with E-state index in [1.165, 1.54) is 6.42 Å². The summed E-state index contributed by atoms with van der Waals surface area (Å²) in [5, 5.41) is 14.7. The SMILES string of the molecule is Cn1nc(C(=O)O)cc1CNN1CCC1. The van der Waals surface area contributed by atoms with E-state index < -0.39 is 5.97 Å². The number of hydrogen-bond donors (Lipinski definition) is 2. The van der Waals surface area contributed by atoms with Crippen LogP contribution in [0.15, 0.2) is 6.07 Å². The number of rotatable bonds is 4. The van der Waals surface area contributed by atoms with Gasteiger partial charge in [0.1, 0.15) is 0 Å². The van der Waals surface area contributed by atoms with Crippen molar-refractivity contribution in [2.75, 3.05) is 13.1 Å². The highest BCUT2D eigenvalue weighted by molar-refractivity contribution is 5.85. The molecule has 6 heteroatoms. The van der Waals surface area contributed by atoms with Crippen molar-refractivity contribution in [2.24, 2.45) is 7.05 Å². The summed E-state index contributed by atoms with van der Waals surface area (Å²) in [5.74, 6) is -0.985. The van der Waals surface area contributed by atoms with Gasteiger partial charge >= 0.3 is 5.97 Å². The molecule has 6 nitrogen and oxygen atoms in total. The Morgan fingerprint density at radius 1 is 1.67 bits per heavy atom. The van der Waals surface area contributed by atoms with Crippen molar-refractivity contribution in [2.45, 2.75) is 13.0 Å². The Bertz CT molecular complexity index is 370. The van der Waals surface area contributed by atoms with Gasteiger partial charge in [-0.25, -0.2) is 15.2 Å². The Morgan fingerprint density at radius 3 is 2.87 bits per heavy atom. The molecule has 15 heavy (non-hydrogen) atoms. The Balaban J connectivity index is 1.97. The van der Waals surface area contributed by atoms with E-state index in [1.54, 1.807) is 17.8 Å². The van der Waals surface area contributed by atoms with E-state index in [0.717, 1.165) is 18.8 Å². The molecule has 2 rings (SSSR count). The Hall–Kier alpha value is -1.40. The Labute approximate surface area is 87.5 Å². The highest BCUT2D eigenvalue weighted by Crippen LogP contribution is 2.05. The second kappa shape index (κ2) is 4.00. The fourth-order valence-corrected chi connectivity index (χ4v) is 1.44. The Kier molecular flexibility index (Phi) is 2.70. The van der Waals surface area contributed by atoms with Gasteiger partial charge in [0, 0.05) is 20.1 Å². The number of carbonyl (C=O) groups is 1. The number of aryl methyl sites for hydroxylation is 1. The van der Waals surface area contributed by atoms with Crippen LogP contribution in [0.4, 0.5) is 0 Å². The van der Waals surface area contributed by atoms with Crippen molar-refractivity contribution in [3.63, 3.8) is 0 Å². The number of carboxylic acid groups (broad SMARTS) is 1. The quantitative estimate of drug-likeness (QED) is 0.722. The number of carboxylic acids is 1. The molecule has 1 aliphatic rings. The van der Waals surface area contributed by atoms with Gasteiger partial charge in [0.15, 0.2) is 5.69 Å². The van der Waals surface area contributed by atoms with Gasteiger partial charge in [-0.1, -0.05) is 0 Å². The van der Waals surface area contributed by atoms with Gasteiger partial charge in [-0.05, 0) is 12.5 Å². The molecule has 0 saturated carbocycles. The molecule has 0 spiro atoms. The van der Waals surface area contributed by atoms with Crippen LogP contribution in [0.2, 0.25) is 0 Å². The normalized spacial score (nSPS) is 16.3. The number of hydrogen-bond acceptors (Lipinski definition) is 4. The molecule has 1 saturated heterocycles. The molecule has 1 fully saturated rings. The van der Waals surface area contributed by atoms with Crippen LogP contribution in [0, 0.1) is 0 Å². The first-order valence-electron chi connectivity index (χ1n) is 4.91. The molecule has 0 amide bonds. The highest BCUT2D eigenvalue weighted by Gasteiger charge is 2.15. The van der Waals surface area contributed by atoms with Crippen molar-refractivity contribution in [3.8, 4) is 0 Å². The third-order valence-corrected chi connectivity index (χ3v) is 2.54. The first-order valence-corrected chi connectivity index (χ1v) is 4.91. The van der Waals surface area contributed by atoms with Gasteiger partial charge < -0.3 is 5.11 Å². The second-order valence-corrected chi connectivity index (χ2v) is 3.63. The van der Waals surface area contributed by atoms with E-state index in [2.05, 4.69) is 15.5 Å². The maximum atomic E-state index is 10.7. The van der Waals surface area contributed by atoms with Crippen LogP contribution in [0.1, 0.15) is 22.6 Å². The van der Waals surface area contributed by atoms with E-state index in [-0.39, 0.29) is 5.69 Å². The third-order valence-electron chi connectivity index (χ3n) is 2.54. The molecule has 0 bridgehead atoms. The molecule has 2 heterocycles. The van der Waals surface area contributed by atoms with Gasteiger partial charge in [-0.15, -0.1) is 0 Å². The van der Waals surface area contributed by atoms with Crippen molar-refractivity contribution in [1.29, 1.82) is 0 Å². The van der Waals surface area contributed by atoms with Gasteiger partial charge in [0.2, 0.25) is 0 Å². The predicted octanol–water partition coefficient (Wildman–Crippen LogP) is -0.171. The fourth-order valence-electron chi connectivity index (χ4n) is 1.44. The lowest BCUT2D eigenvalue weighted by atomic mass is 10.3. The fraction of sp³-hybridized carbons (Fsp3) is 0.556. The molecule has 1 aromatic heterocycles. The molecule has 0 aliphatic carbocycles. The van der Waals surface area contributed by atoms with Crippen LogP contribution in [-0.2, 0) is 13.6 Å². The molecule has 0 aromatic carbocycles. The average Bonchev–Trinajstić information content (AvgIpc) is 2.45. The number of aromatic carboxylic acids is 1. The minimum absolute atomic E-state index is 0.0953. The Morgan fingerprint density at radius 2 is 2.40 bits per heavy atom. The zero-order chi connectivity index (χ0) is 10.8. The van der Waals surface area contributed by atoms with Crippen molar-refractivity contribution in [3.05, 3.63) is 17.5 Å². The maximum absolute atomic E-state index is 10.7. The summed E-state index contributed by atoms with van der Waals surface area (Å²) in [4.78, 5) is 10.7. The minimum atomic E-state index is -0.985. The van der Waals surface area contributed by atoms with Gasteiger partial charge in [-0.2, -0.15) is 5.10 Å². The maximum Gasteiger partial charge on any atom is 0.356 e. The molecule has 0 atom stereocenters. The predicted molar refractivity (Wildman–Crippen MR) is 53.2 cm³/mol. The first-order chi connectivity index (χ1) is 7.16. The standard InChI is InChI=1S/C9H14N4O2/c1-12-7(5-8(11-12)9(14)15)6-10-13-3-2-4-13/h5,10H,2-4,6H2,1H3,(H,14,15). The number of nitrogens with zero attached hydrogens (tertiary/aromatic N) is 3. The lowest BCUT2D eigenvalue weighted by Gasteiger charge is -2.31. The smallest absolute Gasteiger partial charge is 0.356 e. The topological polar surface area (TPSA) is 70.4 Å². The van der Waals surface area contributed by atoms with Crippen LogP contribution in [-0.4, -0.2) is 39.0 Å². The largest absolute Gasteiger partial charge is 0.476 e. The van der Waals surface area contributed by atoms with E-state index in [9.17, 15) is 4.79 Å². The summed E-state index contributed by atoms with van der Waals surface area (Å²) in [7, 11) is 1.75. The molecule has 0 unspecified atom stereocenters. The van der Waals surface area contributed by atoms with Crippen molar-refractivity contribution >= 4 is 5.97 Å². The van der Waals surface area contributed by atoms with Gasteiger partial charge in [-0.3, -0.25) is 4.68 Å². The molecular weight excluding hydrogens is 196 g/mol. The van der Waals surface area contributed by atoms with E-state index in [4.69, 9.17) is 5.11 Å². The van der Waals surface area contributed by atoms with Crippen LogP contribution in [0.5, 0.6) is 0 Å². The number of aromatic nitrogens is 2. The summed E-state index contributed by atoms with van der Waals surface area (Å²) in [6.45, 7) is 2.74. The molecular formula is C9H14N4O2. The van der Waals surface area contributed by atoms with Crippen molar-refractivity contribution in [1.82, 2.24) is 20.2 Å². The summed E-state index contributed by atoms with van der Waals surface area (Å²) in [6.07, 6.45) is 1.22. The average molecular weight is 210 g/mol. The van der Waals surface area contributed by atoms with Crippen molar-refractivity contribution < 1.29 is 9.90 Å². The lowest BCUT2D eigenvalue weighted by Crippen LogP contribution is -2.47. The summed E-state index contributed by atoms with van der Waals surface area (Å²) >= 11 is 0. The monoisotopic (exact) mass is 210 g/mol. The highest BCUT2D eigenvalue weighted by atomic mass is 16.4. The van der Waals surface area contributed by atoms with E-state index >= 15 is 0 Å². The molecule has 1 aliphatic heterocycles. The number of nitrogens with one attached hydrogen (secondary N) is 1. The van der Waals surface area contributed by atoms with E-state index in [0.29, 0.717) is 6.54 Å². The van der Waals surface area contributed by atoms with E-state index in [1.807, 2.05) is 0 Å². The number of hydrazine groups is 1. The van der Waals surface area contributed by atoms with Crippen LogP contribution in [0.25, 0.3) is 0 Å². The first kappa shape index (κ1) is 10.1. The minimum Gasteiger partial charge on any atom is -0.476 e. The summed E-state index contributed by atoms with van der Waals surface area (Å²) < 4.78 is 1.59. The molecule has 2 N–H and O–H groups in total. The molecule has 0 radical (unpaired) electrons.